The Morgan fingerprint density at radius 1 is 1.38 bits per heavy atom. The first-order valence-corrected chi connectivity index (χ1v) is 6.55. The van der Waals surface area contributed by atoms with Crippen LogP contribution in [0.5, 0.6) is 0 Å². The van der Waals surface area contributed by atoms with Gasteiger partial charge in [-0.25, -0.2) is 9.18 Å². The molecule has 0 aliphatic carbocycles. The SMILES string of the molecule is COC(=O)c1cc(N)cc(Cl)c1NCc1ccccc1F. The molecule has 0 bridgehead atoms. The Morgan fingerprint density at radius 3 is 2.76 bits per heavy atom. The molecule has 2 aromatic rings. The number of rotatable bonds is 4. The van der Waals surface area contributed by atoms with Crippen LogP contribution < -0.4 is 11.1 Å². The summed E-state index contributed by atoms with van der Waals surface area (Å²) in [7, 11) is 1.26. The Morgan fingerprint density at radius 2 is 2.10 bits per heavy atom. The molecule has 0 amide bonds. The van der Waals surface area contributed by atoms with Crippen molar-refractivity contribution in [1.29, 1.82) is 0 Å². The minimum absolute atomic E-state index is 0.181. The maximum atomic E-state index is 13.6. The zero-order valence-corrected chi connectivity index (χ0v) is 12.1. The van der Waals surface area contributed by atoms with Gasteiger partial charge in [0.05, 0.1) is 23.4 Å². The molecular weight excluding hydrogens is 295 g/mol. The number of hydrogen-bond acceptors (Lipinski definition) is 4. The quantitative estimate of drug-likeness (QED) is 0.670. The number of nitrogen functional groups attached to an aromatic ring is 1. The average Bonchev–Trinajstić information content (AvgIpc) is 2.46. The highest BCUT2D eigenvalue weighted by Crippen LogP contribution is 2.30. The third-order valence-corrected chi connectivity index (χ3v) is 3.23. The van der Waals surface area contributed by atoms with Crippen molar-refractivity contribution in [3.63, 3.8) is 0 Å². The lowest BCUT2D eigenvalue weighted by Gasteiger charge is -2.14. The second-order valence-electron chi connectivity index (χ2n) is 4.36. The van der Waals surface area contributed by atoms with Crippen molar-refractivity contribution in [2.45, 2.75) is 6.54 Å². The van der Waals surface area contributed by atoms with Crippen molar-refractivity contribution in [3.05, 3.63) is 58.4 Å². The Balaban J connectivity index is 2.31. The molecule has 0 aromatic heterocycles. The molecule has 6 heteroatoms. The van der Waals surface area contributed by atoms with E-state index in [-0.39, 0.29) is 22.9 Å². The van der Waals surface area contributed by atoms with E-state index >= 15 is 0 Å². The Kier molecular flexibility index (Phi) is 4.65. The molecule has 0 unspecified atom stereocenters. The van der Waals surface area contributed by atoms with Crippen LogP contribution in [-0.2, 0) is 11.3 Å². The van der Waals surface area contributed by atoms with E-state index in [1.54, 1.807) is 18.2 Å². The predicted octanol–water partition coefficient (Wildman–Crippen LogP) is 3.46. The molecule has 2 aromatic carbocycles. The highest BCUT2D eigenvalue weighted by atomic mass is 35.5. The van der Waals surface area contributed by atoms with Gasteiger partial charge in [0.25, 0.3) is 0 Å². The third kappa shape index (κ3) is 3.44. The normalized spacial score (nSPS) is 10.2. The molecule has 0 aliphatic rings. The smallest absolute Gasteiger partial charge is 0.340 e. The third-order valence-electron chi connectivity index (χ3n) is 2.93. The zero-order valence-electron chi connectivity index (χ0n) is 11.3. The fourth-order valence-corrected chi connectivity index (χ4v) is 2.20. The number of carbonyl (C=O) groups is 1. The number of carbonyl (C=O) groups excluding carboxylic acids is 1. The molecule has 0 saturated carbocycles. The van der Waals surface area contributed by atoms with Crippen LogP contribution in [0.25, 0.3) is 0 Å². The van der Waals surface area contributed by atoms with Crippen molar-refractivity contribution >= 4 is 28.9 Å². The van der Waals surface area contributed by atoms with Gasteiger partial charge < -0.3 is 15.8 Å². The summed E-state index contributed by atoms with van der Waals surface area (Å²) in [5, 5.41) is 3.22. The maximum Gasteiger partial charge on any atom is 0.340 e. The van der Waals surface area contributed by atoms with Gasteiger partial charge in [0.15, 0.2) is 0 Å². The lowest BCUT2D eigenvalue weighted by atomic mass is 10.1. The van der Waals surface area contributed by atoms with E-state index in [9.17, 15) is 9.18 Å². The monoisotopic (exact) mass is 308 g/mol. The highest BCUT2D eigenvalue weighted by molar-refractivity contribution is 6.34. The number of nitrogens with two attached hydrogens (primary N) is 1. The standard InChI is InChI=1S/C15H14ClFN2O2/c1-21-15(20)11-6-10(18)7-12(16)14(11)19-8-9-4-2-3-5-13(9)17/h2-7,19H,8,18H2,1H3. The molecule has 21 heavy (non-hydrogen) atoms. The average molecular weight is 309 g/mol. The predicted molar refractivity (Wildman–Crippen MR) is 80.9 cm³/mol. The van der Waals surface area contributed by atoms with Crippen molar-refractivity contribution in [2.24, 2.45) is 0 Å². The van der Waals surface area contributed by atoms with Crippen molar-refractivity contribution < 1.29 is 13.9 Å². The van der Waals surface area contributed by atoms with Crippen LogP contribution in [-0.4, -0.2) is 13.1 Å². The Labute approximate surface area is 126 Å². The molecule has 0 aliphatic heterocycles. The largest absolute Gasteiger partial charge is 0.465 e. The Bertz CT molecular complexity index is 677. The van der Waals surface area contributed by atoms with E-state index in [1.807, 2.05) is 0 Å². The fourth-order valence-electron chi connectivity index (χ4n) is 1.90. The van der Waals surface area contributed by atoms with E-state index in [1.165, 1.54) is 25.3 Å². The lowest BCUT2D eigenvalue weighted by Crippen LogP contribution is -2.10. The minimum Gasteiger partial charge on any atom is -0.465 e. The molecule has 0 spiro atoms. The van der Waals surface area contributed by atoms with Crippen LogP contribution in [0.1, 0.15) is 15.9 Å². The molecule has 0 atom stereocenters. The van der Waals surface area contributed by atoms with E-state index in [0.29, 0.717) is 16.9 Å². The van der Waals surface area contributed by atoms with Gasteiger partial charge in [0.2, 0.25) is 0 Å². The van der Waals surface area contributed by atoms with Crippen LogP contribution >= 0.6 is 11.6 Å². The fraction of sp³-hybridized carbons (Fsp3) is 0.133. The number of hydrogen-bond donors (Lipinski definition) is 2. The number of nitrogens with one attached hydrogen (secondary N) is 1. The topological polar surface area (TPSA) is 64.3 Å². The first-order valence-electron chi connectivity index (χ1n) is 6.17. The molecule has 0 saturated heterocycles. The molecule has 0 fully saturated rings. The van der Waals surface area contributed by atoms with Crippen LogP contribution in [0.4, 0.5) is 15.8 Å². The van der Waals surface area contributed by atoms with Crippen LogP contribution in [0.2, 0.25) is 5.02 Å². The molecule has 2 rings (SSSR count). The summed E-state index contributed by atoms with van der Waals surface area (Å²) in [6, 6.07) is 9.31. The number of ether oxygens (including phenoxy) is 1. The summed E-state index contributed by atoms with van der Waals surface area (Å²) in [4.78, 5) is 11.8. The van der Waals surface area contributed by atoms with E-state index in [0.717, 1.165) is 0 Å². The van der Waals surface area contributed by atoms with Gasteiger partial charge in [0.1, 0.15) is 5.82 Å². The lowest BCUT2D eigenvalue weighted by molar-refractivity contribution is 0.0602. The van der Waals surface area contributed by atoms with Crippen molar-refractivity contribution in [2.75, 3.05) is 18.2 Å². The molecule has 110 valence electrons. The zero-order chi connectivity index (χ0) is 15.4. The highest BCUT2D eigenvalue weighted by Gasteiger charge is 2.16. The Hall–Kier alpha value is -2.27. The number of halogens is 2. The minimum atomic E-state index is -0.569. The number of benzene rings is 2. The first kappa shape index (κ1) is 15.1. The number of esters is 1. The molecular formula is C15H14ClFN2O2. The summed E-state index contributed by atoms with van der Waals surface area (Å²) in [5.41, 5.74) is 7.05. The molecule has 4 nitrogen and oxygen atoms in total. The van der Waals surface area contributed by atoms with E-state index in [2.05, 4.69) is 5.32 Å². The van der Waals surface area contributed by atoms with Gasteiger partial charge in [0, 0.05) is 17.8 Å². The summed E-state index contributed by atoms with van der Waals surface area (Å²) in [6.07, 6.45) is 0. The summed E-state index contributed by atoms with van der Waals surface area (Å²) in [5.74, 6) is -0.906. The second kappa shape index (κ2) is 6.45. The summed E-state index contributed by atoms with van der Waals surface area (Å²) < 4.78 is 18.3. The van der Waals surface area contributed by atoms with Crippen LogP contribution in [0, 0.1) is 5.82 Å². The van der Waals surface area contributed by atoms with Crippen LogP contribution in [0.15, 0.2) is 36.4 Å². The number of anilines is 2. The summed E-state index contributed by atoms with van der Waals surface area (Å²) >= 11 is 6.10. The van der Waals surface area contributed by atoms with Gasteiger partial charge in [-0.2, -0.15) is 0 Å². The van der Waals surface area contributed by atoms with Gasteiger partial charge in [-0.05, 0) is 18.2 Å². The van der Waals surface area contributed by atoms with Gasteiger partial charge in [-0.15, -0.1) is 0 Å². The van der Waals surface area contributed by atoms with Gasteiger partial charge in [-0.3, -0.25) is 0 Å². The molecule has 3 N–H and O–H groups in total. The van der Waals surface area contributed by atoms with Crippen molar-refractivity contribution in [1.82, 2.24) is 0 Å². The second-order valence-corrected chi connectivity index (χ2v) is 4.77. The summed E-state index contributed by atoms with van der Waals surface area (Å²) in [6.45, 7) is 0.181. The van der Waals surface area contributed by atoms with Gasteiger partial charge in [-0.1, -0.05) is 29.8 Å². The van der Waals surface area contributed by atoms with Crippen LogP contribution in [0.3, 0.4) is 0 Å². The molecule has 0 radical (unpaired) electrons. The first-order chi connectivity index (χ1) is 10.0. The van der Waals surface area contributed by atoms with Crippen molar-refractivity contribution in [3.8, 4) is 0 Å². The number of methoxy groups -OCH3 is 1. The van der Waals surface area contributed by atoms with E-state index in [4.69, 9.17) is 22.1 Å². The maximum absolute atomic E-state index is 13.6. The van der Waals surface area contributed by atoms with Gasteiger partial charge >= 0.3 is 5.97 Å². The van der Waals surface area contributed by atoms with E-state index < -0.39 is 5.97 Å². The molecule has 0 heterocycles.